The minimum absolute atomic E-state index is 0.0416. The summed E-state index contributed by atoms with van der Waals surface area (Å²) in [5, 5.41) is 13.1. The van der Waals surface area contributed by atoms with Gasteiger partial charge in [0.15, 0.2) is 0 Å². The lowest BCUT2D eigenvalue weighted by Gasteiger charge is -2.03. The number of nitrogens with one attached hydrogen (secondary N) is 2. The van der Waals surface area contributed by atoms with Crippen LogP contribution in [0.4, 0.5) is 5.69 Å². The third kappa shape index (κ3) is 2.70. The maximum absolute atomic E-state index is 11.7. The molecule has 0 aliphatic carbocycles. The predicted octanol–water partition coefficient (Wildman–Crippen LogP) is 1.25. The van der Waals surface area contributed by atoms with Crippen LogP contribution in [0.5, 0.6) is 0 Å². The summed E-state index contributed by atoms with van der Waals surface area (Å²) in [4.78, 5) is 28.3. The summed E-state index contributed by atoms with van der Waals surface area (Å²) in [6.07, 6.45) is 3.13. The number of carbonyl (C=O) groups is 1. The maximum atomic E-state index is 11.7. The number of benzene rings is 1. The van der Waals surface area contributed by atoms with Crippen molar-refractivity contribution in [2.24, 2.45) is 0 Å². The molecule has 0 aliphatic rings. The molecule has 1 amide bonds. The van der Waals surface area contributed by atoms with E-state index < -0.39 is 4.92 Å². The monoisotopic (exact) mass is 246 g/mol. The Hall–Kier alpha value is -2.70. The van der Waals surface area contributed by atoms with Crippen molar-refractivity contribution in [2.75, 3.05) is 0 Å². The second-order valence-corrected chi connectivity index (χ2v) is 3.56. The predicted molar refractivity (Wildman–Crippen MR) is 62.9 cm³/mol. The molecule has 18 heavy (non-hydrogen) atoms. The van der Waals surface area contributed by atoms with Crippen LogP contribution in [0.15, 0.2) is 36.8 Å². The van der Waals surface area contributed by atoms with Gasteiger partial charge in [-0.15, -0.1) is 0 Å². The molecule has 1 aromatic carbocycles. The number of nitro benzene ring substituents is 1. The largest absolute Gasteiger partial charge is 0.347 e. The van der Waals surface area contributed by atoms with Gasteiger partial charge in [-0.3, -0.25) is 14.9 Å². The third-order valence-corrected chi connectivity index (χ3v) is 2.33. The fourth-order valence-corrected chi connectivity index (χ4v) is 1.39. The summed E-state index contributed by atoms with van der Waals surface area (Å²) in [6.45, 7) is 0.329. The highest BCUT2D eigenvalue weighted by Crippen LogP contribution is 2.11. The highest BCUT2D eigenvalue weighted by molar-refractivity contribution is 5.94. The van der Waals surface area contributed by atoms with E-state index in [0.717, 1.165) is 5.69 Å². The highest BCUT2D eigenvalue weighted by atomic mass is 16.6. The van der Waals surface area contributed by atoms with Gasteiger partial charge in [0, 0.05) is 23.9 Å². The number of aromatic amines is 1. The Morgan fingerprint density at radius 1 is 1.39 bits per heavy atom. The molecule has 0 fully saturated rings. The Morgan fingerprint density at radius 2 is 2.11 bits per heavy atom. The average Bonchev–Trinajstić information content (AvgIpc) is 2.89. The minimum atomic E-state index is -0.508. The van der Waals surface area contributed by atoms with Crippen LogP contribution in [-0.4, -0.2) is 20.8 Å². The zero-order chi connectivity index (χ0) is 13.0. The molecule has 0 atom stereocenters. The van der Waals surface area contributed by atoms with E-state index in [9.17, 15) is 14.9 Å². The zero-order valence-corrected chi connectivity index (χ0v) is 9.29. The molecule has 0 radical (unpaired) electrons. The van der Waals surface area contributed by atoms with Crippen molar-refractivity contribution in [2.45, 2.75) is 6.54 Å². The summed E-state index contributed by atoms with van der Waals surface area (Å²) in [6, 6.07) is 5.43. The number of hydrogen-bond donors (Lipinski definition) is 2. The lowest BCUT2D eigenvalue weighted by atomic mass is 10.2. The molecule has 1 heterocycles. The normalized spacial score (nSPS) is 10.0. The molecular weight excluding hydrogens is 236 g/mol. The van der Waals surface area contributed by atoms with Crippen molar-refractivity contribution in [3.8, 4) is 0 Å². The molecule has 7 nitrogen and oxygen atoms in total. The molecule has 0 bridgehead atoms. The summed E-state index contributed by atoms with van der Waals surface area (Å²) >= 11 is 0. The van der Waals surface area contributed by atoms with Crippen molar-refractivity contribution < 1.29 is 9.72 Å². The van der Waals surface area contributed by atoms with Crippen LogP contribution in [0.1, 0.15) is 16.1 Å². The molecule has 92 valence electrons. The van der Waals surface area contributed by atoms with E-state index in [1.807, 2.05) is 0 Å². The summed E-state index contributed by atoms with van der Waals surface area (Å²) < 4.78 is 0. The number of rotatable bonds is 4. The number of aromatic nitrogens is 2. The maximum Gasteiger partial charge on any atom is 0.269 e. The number of nitro groups is 1. The first kappa shape index (κ1) is 11.8. The van der Waals surface area contributed by atoms with Crippen LogP contribution in [0.25, 0.3) is 0 Å². The Kier molecular flexibility index (Phi) is 3.33. The molecule has 0 saturated carbocycles. The van der Waals surface area contributed by atoms with E-state index in [-0.39, 0.29) is 11.6 Å². The Morgan fingerprint density at radius 3 is 2.67 bits per heavy atom. The van der Waals surface area contributed by atoms with Crippen LogP contribution >= 0.6 is 0 Å². The second kappa shape index (κ2) is 5.09. The highest BCUT2D eigenvalue weighted by Gasteiger charge is 2.09. The minimum Gasteiger partial charge on any atom is -0.347 e. The summed E-state index contributed by atoms with van der Waals surface area (Å²) in [5.41, 5.74) is 1.12. The second-order valence-electron chi connectivity index (χ2n) is 3.56. The number of imidazole rings is 1. The molecule has 0 saturated heterocycles. The molecule has 1 aromatic heterocycles. The Balaban J connectivity index is 1.98. The van der Waals surface area contributed by atoms with Crippen molar-refractivity contribution >= 4 is 11.6 Å². The number of non-ortho nitro benzene ring substituents is 1. The van der Waals surface area contributed by atoms with Crippen molar-refractivity contribution in [1.29, 1.82) is 0 Å². The van der Waals surface area contributed by atoms with E-state index in [1.165, 1.54) is 30.6 Å². The third-order valence-electron chi connectivity index (χ3n) is 2.33. The molecule has 0 unspecified atom stereocenters. The van der Waals surface area contributed by atoms with Crippen LogP contribution in [0.2, 0.25) is 0 Å². The molecule has 2 aromatic rings. The van der Waals surface area contributed by atoms with Gasteiger partial charge in [0.2, 0.25) is 0 Å². The summed E-state index contributed by atoms with van der Waals surface area (Å²) in [5.74, 6) is -0.292. The van der Waals surface area contributed by atoms with Gasteiger partial charge >= 0.3 is 0 Å². The van der Waals surface area contributed by atoms with Gasteiger partial charge < -0.3 is 10.3 Å². The fraction of sp³-hybridized carbons (Fsp3) is 0.0909. The number of carbonyl (C=O) groups excluding carboxylic acids is 1. The van der Waals surface area contributed by atoms with Crippen LogP contribution in [0, 0.1) is 10.1 Å². The van der Waals surface area contributed by atoms with Gasteiger partial charge in [-0.1, -0.05) is 0 Å². The quantitative estimate of drug-likeness (QED) is 0.626. The van der Waals surface area contributed by atoms with E-state index in [2.05, 4.69) is 15.3 Å². The lowest BCUT2D eigenvalue weighted by molar-refractivity contribution is -0.384. The van der Waals surface area contributed by atoms with Crippen LogP contribution in [0.3, 0.4) is 0 Å². The number of nitrogens with zero attached hydrogens (tertiary/aromatic N) is 2. The molecular formula is C11H10N4O3. The van der Waals surface area contributed by atoms with Crippen molar-refractivity contribution in [1.82, 2.24) is 15.3 Å². The number of hydrogen-bond acceptors (Lipinski definition) is 4. The van der Waals surface area contributed by atoms with Gasteiger partial charge in [-0.25, -0.2) is 4.98 Å². The van der Waals surface area contributed by atoms with Crippen molar-refractivity contribution in [3.63, 3.8) is 0 Å². The molecule has 0 aliphatic heterocycles. The van der Waals surface area contributed by atoms with E-state index >= 15 is 0 Å². The first-order chi connectivity index (χ1) is 8.66. The van der Waals surface area contributed by atoms with Crippen LogP contribution in [-0.2, 0) is 6.54 Å². The summed E-state index contributed by atoms with van der Waals surface area (Å²) in [7, 11) is 0. The molecule has 7 heteroatoms. The van der Waals surface area contributed by atoms with E-state index in [1.54, 1.807) is 6.20 Å². The molecule has 2 rings (SSSR count). The smallest absolute Gasteiger partial charge is 0.269 e. The van der Waals surface area contributed by atoms with Crippen molar-refractivity contribution in [3.05, 3.63) is 58.2 Å². The Labute approximate surface area is 102 Å². The van der Waals surface area contributed by atoms with E-state index in [0.29, 0.717) is 12.1 Å². The Bertz CT molecular complexity index is 548. The van der Waals surface area contributed by atoms with Gasteiger partial charge in [0.25, 0.3) is 11.6 Å². The van der Waals surface area contributed by atoms with Gasteiger partial charge in [0.05, 0.1) is 23.5 Å². The van der Waals surface area contributed by atoms with Gasteiger partial charge in [-0.05, 0) is 12.1 Å². The topological polar surface area (TPSA) is 101 Å². The average molecular weight is 246 g/mol. The standard InChI is InChI=1S/C11H10N4O3/c16-11(13-6-9-5-12-7-14-9)8-1-3-10(4-2-8)15(17)18/h1-5,7H,6H2,(H,12,14)(H,13,16). The van der Waals surface area contributed by atoms with E-state index in [4.69, 9.17) is 0 Å². The lowest BCUT2D eigenvalue weighted by Crippen LogP contribution is -2.22. The number of amides is 1. The molecule has 0 spiro atoms. The number of H-pyrrole nitrogens is 1. The SMILES string of the molecule is O=C(NCc1cnc[nH]1)c1ccc([N+](=O)[O-])cc1. The molecule has 2 N–H and O–H groups in total. The fourth-order valence-electron chi connectivity index (χ4n) is 1.39. The zero-order valence-electron chi connectivity index (χ0n) is 9.29. The first-order valence-electron chi connectivity index (χ1n) is 5.17. The van der Waals surface area contributed by atoms with Crippen LogP contribution < -0.4 is 5.32 Å². The first-order valence-corrected chi connectivity index (χ1v) is 5.17. The van der Waals surface area contributed by atoms with Gasteiger partial charge in [0.1, 0.15) is 0 Å². The van der Waals surface area contributed by atoms with Gasteiger partial charge in [-0.2, -0.15) is 0 Å².